The van der Waals surface area contributed by atoms with E-state index in [4.69, 9.17) is 4.74 Å². The third-order valence-corrected chi connectivity index (χ3v) is 4.86. The van der Waals surface area contributed by atoms with Crippen LogP contribution in [0.3, 0.4) is 0 Å². The van der Waals surface area contributed by atoms with Crippen molar-refractivity contribution in [1.82, 2.24) is 0 Å². The zero-order chi connectivity index (χ0) is 20.5. The minimum Gasteiger partial charge on any atom is -0.490 e. The molecule has 5 nitrogen and oxygen atoms in total. The molecule has 1 aliphatic rings. The molecule has 0 saturated heterocycles. The molecule has 0 fully saturated rings. The molecule has 0 aromatic heterocycles. The van der Waals surface area contributed by atoms with Crippen molar-refractivity contribution in [2.24, 2.45) is 5.41 Å². The number of benzene rings is 2. The second-order valence-electron chi connectivity index (χ2n) is 7.83. The second-order valence-corrected chi connectivity index (χ2v) is 7.83. The third-order valence-electron chi connectivity index (χ3n) is 4.86. The molecule has 0 bridgehead atoms. The van der Waals surface area contributed by atoms with Crippen LogP contribution in [-0.4, -0.2) is 25.0 Å². The smallest absolute Gasteiger partial charge is 0.255 e. The maximum absolute atomic E-state index is 13.0. The van der Waals surface area contributed by atoms with E-state index in [1.54, 1.807) is 29.2 Å². The van der Waals surface area contributed by atoms with Crippen LogP contribution in [0.15, 0.2) is 49.1 Å². The normalized spacial score (nSPS) is 15.3. The average Bonchev–Trinajstić information content (AvgIpc) is 2.72. The van der Waals surface area contributed by atoms with E-state index in [0.717, 1.165) is 11.1 Å². The minimum absolute atomic E-state index is 0.0380. The van der Waals surface area contributed by atoms with Crippen molar-refractivity contribution >= 4 is 23.2 Å². The molecule has 5 heteroatoms. The van der Waals surface area contributed by atoms with E-state index in [2.05, 4.69) is 11.9 Å². The van der Waals surface area contributed by atoms with E-state index in [-0.39, 0.29) is 11.8 Å². The molecule has 3 rings (SSSR count). The highest BCUT2D eigenvalue weighted by Gasteiger charge is 2.37. The van der Waals surface area contributed by atoms with Gasteiger partial charge in [-0.1, -0.05) is 23.8 Å². The van der Waals surface area contributed by atoms with Crippen LogP contribution in [-0.2, 0) is 4.79 Å². The van der Waals surface area contributed by atoms with Crippen molar-refractivity contribution in [1.29, 1.82) is 0 Å². The van der Waals surface area contributed by atoms with Crippen molar-refractivity contribution < 1.29 is 14.3 Å². The highest BCUT2D eigenvalue weighted by molar-refractivity contribution is 6.06. The fourth-order valence-electron chi connectivity index (χ4n) is 3.30. The predicted octanol–water partition coefficient (Wildman–Crippen LogP) is 4.49. The van der Waals surface area contributed by atoms with Gasteiger partial charge in [0.05, 0.1) is 11.1 Å². The van der Waals surface area contributed by atoms with Gasteiger partial charge >= 0.3 is 0 Å². The quantitative estimate of drug-likeness (QED) is 0.797. The first kappa shape index (κ1) is 19.7. The third kappa shape index (κ3) is 3.79. The van der Waals surface area contributed by atoms with Crippen LogP contribution >= 0.6 is 0 Å². The zero-order valence-electron chi connectivity index (χ0n) is 16.8. The molecule has 28 heavy (non-hydrogen) atoms. The number of hydrogen-bond acceptors (Lipinski definition) is 3. The van der Waals surface area contributed by atoms with Crippen LogP contribution in [0.1, 0.15) is 35.3 Å². The first-order chi connectivity index (χ1) is 13.2. The lowest BCUT2D eigenvalue weighted by Gasteiger charge is -2.27. The summed E-state index contributed by atoms with van der Waals surface area (Å²) < 4.78 is 5.88. The van der Waals surface area contributed by atoms with Gasteiger partial charge in [0, 0.05) is 17.8 Å². The number of ether oxygens (including phenoxy) is 1. The van der Waals surface area contributed by atoms with Gasteiger partial charge in [0.1, 0.15) is 12.4 Å². The fourth-order valence-corrected chi connectivity index (χ4v) is 3.30. The summed E-state index contributed by atoms with van der Waals surface area (Å²) >= 11 is 0. The summed E-state index contributed by atoms with van der Waals surface area (Å²) in [6, 6.07) is 11.1. The lowest BCUT2D eigenvalue weighted by Crippen LogP contribution is -2.42. The van der Waals surface area contributed by atoms with Gasteiger partial charge in [0.2, 0.25) is 5.91 Å². The van der Waals surface area contributed by atoms with Crippen molar-refractivity contribution in [2.75, 3.05) is 23.4 Å². The average molecular weight is 378 g/mol. The Labute approximate surface area is 166 Å². The van der Waals surface area contributed by atoms with E-state index in [1.165, 1.54) is 0 Å². The van der Waals surface area contributed by atoms with Crippen LogP contribution in [0.25, 0.3) is 0 Å². The van der Waals surface area contributed by atoms with Crippen molar-refractivity contribution in [3.63, 3.8) is 0 Å². The Morgan fingerprint density at radius 2 is 2.00 bits per heavy atom. The van der Waals surface area contributed by atoms with E-state index in [0.29, 0.717) is 35.8 Å². The van der Waals surface area contributed by atoms with E-state index < -0.39 is 5.41 Å². The maximum atomic E-state index is 13.0. The molecule has 0 aliphatic carbocycles. The number of fused-ring (bicyclic) bond motifs is 1. The van der Waals surface area contributed by atoms with Crippen LogP contribution in [0.4, 0.5) is 11.4 Å². The lowest BCUT2D eigenvalue weighted by molar-refractivity contribution is -0.127. The largest absolute Gasteiger partial charge is 0.490 e. The summed E-state index contributed by atoms with van der Waals surface area (Å²) in [7, 11) is 0. The van der Waals surface area contributed by atoms with E-state index in [9.17, 15) is 9.59 Å². The number of nitrogens with zero attached hydrogens (tertiary/aromatic N) is 1. The van der Waals surface area contributed by atoms with Gasteiger partial charge in [0.25, 0.3) is 5.91 Å². The van der Waals surface area contributed by atoms with Crippen LogP contribution in [0.2, 0.25) is 0 Å². The monoisotopic (exact) mass is 378 g/mol. The SMILES string of the molecule is C=CCN1C(=O)C(C)(C)COc2ccc(NC(=O)c3ccc(C)cc3C)cc21. The van der Waals surface area contributed by atoms with E-state index in [1.807, 2.05) is 45.9 Å². The molecule has 0 unspecified atom stereocenters. The topological polar surface area (TPSA) is 58.6 Å². The Hall–Kier alpha value is -3.08. The van der Waals surface area contributed by atoms with Gasteiger partial charge < -0.3 is 15.0 Å². The Balaban J connectivity index is 1.94. The molecular weight excluding hydrogens is 352 g/mol. The zero-order valence-corrected chi connectivity index (χ0v) is 16.8. The van der Waals surface area contributed by atoms with Crippen molar-refractivity contribution in [3.05, 3.63) is 65.7 Å². The Morgan fingerprint density at radius 3 is 2.68 bits per heavy atom. The Kier molecular flexibility index (Phi) is 5.27. The lowest BCUT2D eigenvalue weighted by atomic mass is 9.93. The first-order valence-corrected chi connectivity index (χ1v) is 9.31. The molecule has 0 spiro atoms. The van der Waals surface area contributed by atoms with E-state index >= 15 is 0 Å². The van der Waals surface area contributed by atoms with Gasteiger partial charge in [-0.15, -0.1) is 6.58 Å². The number of anilines is 2. The first-order valence-electron chi connectivity index (χ1n) is 9.31. The number of aryl methyl sites for hydroxylation is 2. The van der Waals surface area contributed by atoms with Crippen molar-refractivity contribution in [3.8, 4) is 5.75 Å². The van der Waals surface area contributed by atoms with Gasteiger partial charge in [0.15, 0.2) is 0 Å². The van der Waals surface area contributed by atoms with Crippen LogP contribution < -0.4 is 15.0 Å². The molecular formula is C23H26N2O3. The molecule has 0 saturated carbocycles. The molecule has 1 heterocycles. The molecule has 2 aromatic carbocycles. The highest BCUT2D eigenvalue weighted by atomic mass is 16.5. The van der Waals surface area contributed by atoms with Gasteiger partial charge in [-0.25, -0.2) is 0 Å². The van der Waals surface area contributed by atoms with Crippen LogP contribution in [0, 0.1) is 19.3 Å². The summed E-state index contributed by atoms with van der Waals surface area (Å²) in [5, 5.41) is 2.93. The molecule has 1 N–H and O–H groups in total. The maximum Gasteiger partial charge on any atom is 0.255 e. The number of hydrogen-bond donors (Lipinski definition) is 1. The fraction of sp³-hybridized carbons (Fsp3) is 0.304. The summed E-state index contributed by atoms with van der Waals surface area (Å²) in [4.78, 5) is 27.3. The second kappa shape index (κ2) is 7.50. The number of carbonyl (C=O) groups excluding carboxylic acids is 2. The number of carbonyl (C=O) groups is 2. The number of amides is 2. The molecule has 2 amide bonds. The number of nitrogens with one attached hydrogen (secondary N) is 1. The predicted molar refractivity (Wildman–Crippen MR) is 112 cm³/mol. The molecule has 0 radical (unpaired) electrons. The van der Waals surface area contributed by atoms with Gasteiger partial charge in [-0.3, -0.25) is 9.59 Å². The van der Waals surface area contributed by atoms with Crippen molar-refractivity contribution in [2.45, 2.75) is 27.7 Å². The van der Waals surface area contributed by atoms with Crippen LogP contribution in [0.5, 0.6) is 5.75 Å². The summed E-state index contributed by atoms with van der Waals surface area (Å²) in [6.07, 6.45) is 1.68. The summed E-state index contributed by atoms with van der Waals surface area (Å²) in [6.45, 7) is 12.1. The van der Waals surface area contributed by atoms with Gasteiger partial charge in [-0.2, -0.15) is 0 Å². The van der Waals surface area contributed by atoms with Gasteiger partial charge in [-0.05, 0) is 57.5 Å². The standard InChI is InChI=1S/C23H26N2O3/c1-6-11-25-19-13-17(8-10-20(19)28-14-23(4,5)22(25)27)24-21(26)18-9-7-15(2)12-16(18)3/h6-10,12-13H,1,11,14H2,2-5H3,(H,24,26). The summed E-state index contributed by atoms with van der Waals surface area (Å²) in [5.41, 5.74) is 3.24. The molecule has 0 atom stereocenters. The summed E-state index contributed by atoms with van der Waals surface area (Å²) in [5.74, 6) is 0.392. The molecule has 1 aliphatic heterocycles. The molecule has 2 aromatic rings. The Bertz CT molecular complexity index is 947. The highest BCUT2D eigenvalue weighted by Crippen LogP contribution is 2.38. The molecule has 146 valence electrons. The number of rotatable bonds is 4. The minimum atomic E-state index is -0.648. The Morgan fingerprint density at radius 1 is 1.25 bits per heavy atom.